The standard InChI is InChI=1S/C16H16F3NO3/c1-21-13-5-3-2-4-12(13)11-6-7-14(23-16(17,18)19)15(10-11)22-9-8-20/h2-7,10H,8-9,20H2,1H3. The van der Waals surface area contributed by atoms with Crippen molar-refractivity contribution in [3.63, 3.8) is 0 Å². The van der Waals surface area contributed by atoms with Crippen molar-refractivity contribution < 1.29 is 27.4 Å². The Kier molecular flexibility index (Phi) is 5.33. The van der Waals surface area contributed by atoms with Crippen molar-refractivity contribution in [3.8, 4) is 28.4 Å². The lowest BCUT2D eigenvalue weighted by molar-refractivity contribution is -0.275. The van der Waals surface area contributed by atoms with E-state index in [2.05, 4.69) is 4.74 Å². The molecule has 0 amide bonds. The van der Waals surface area contributed by atoms with Crippen LogP contribution in [0.2, 0.25) is 0 Å². The van der Waals surface area contributed by atoms with E-state index in [1.807, 2.05) is 0 Å². The Hall–Kier alpha value is -2.41. The summed E-state index contributed by atoms with van der Waals surface area (Å²) in [7, 11) is 1.52. The van der Waals surface area contributed by atoms with Gasteiger partial charge in [0.25, 0.3) is 0 Å². The van der Waals surface area contributed by atoms with Gasteiger partial charge in [0.2, 0.25) is 0 Å². The van der Waals surface area contributed by atoms with E-state index >= 15 is 0 Å². The van der Waals surface area contributed by atoms with E-state index in [1.165, 1.54) is 25.3 Å². The lowest BCUT2D eigenvalue weighted by Gasteiger charge is -2.16. The SMILES string of the molecule is COc1ccccc1-c1ccc(OC(F)(F)F)c(OCCN)c1. The van der Waals surface area contributed by atoms with Crippen LogP contribution in [0.15, 0.2) is 42.5 Å². The summed E-state index contributed by atoms with van der Waals surface area (Å²) in [6.45, 7) is 0.244. The first-order valence-electron chi connectivity index (χ1n) is 6.80. The summed E-state index contributed by atoms with van der Waals surface area (Å²) in [5, 5.41) is 0. The zero-order valence-electron chi connectivity index (χ0n) is 12.4. The molecule has 23 heavy (non-hydrogen) atoms. The van der Waals surface area contributed by atoms with Crippen molar-refractivity contribution in [3.05, 3.63) is 42.5 Å². The van der Waals surface area contributed by atoms with Crippen LogP contribution in [0.5, 0.6) is 17.2 Å². The number of halogens is 3. The summed E-state index contributed by atoms with van der Waals surface area (Å²) in [5.74, 6) is 0.155. The first-order chi connectivity index (χ1) is 10.9. The van der Waals surface area contributed by atoms with Crippen LogP contribution in [-0.2, 0) is 0 Å². The topological polar surface area (TPSA) is 53.7 Å². The van der Waals surface area contributed by atoms with Crippen molar-refractivity contribution in [1.82, 2.24) is 0 Å². The summed E-state index contributed by atoms with van der Waals surface area (Å²) in [5.41, 5.74) is 6.71. The maximum Gasteiger partial charge on any atom is 0.573 e. The summed E-state index contributed by atoms with van der Waals surface area (Å²) in [4.78, 5) is 0. The Labute approximate surface area is 131 Å². The molecule has 0 aliphatic carbocycles. The van der Waals surface area contributed by atoms with Crippen molar-refractivity contribution in [2.24, 2.45) is 5.73 Å². The highest BCUT2D eigenvalue weighted by Crippen LogP contribution is 2.38. The lowest BCUT2D eigenvalue weighted by Crippen LogP contribution is -2.18. The molecule has 2 rings (SSSR count). The van der Waals surface area contributed by atoms with E-state index in [4.69, 9.17) is 15.2 Å². The van der Waals surface area contributed by atoms with E-state index < -0.39 is 12.1 Å². The molecule has 0 heterocycles. The highest BCUT2D eigenvalue weighted by Gasteiger charge is 2.32. The minimum atomic E-state index is -4.80. The molecule has 0 radical (unpaired) electrons. The second kappa shape index (κ2) is 7.23. The van der Waals surface area contributed by atoms with E-state index in [0.29, 0.717) is 11.3 Å². The minimum Gasteiger partial charge on any atom is -0.496 e. The summed E-state index contributed by atoms with van der Waals surface area (Å²) >= 11 is 0. The Morgan fingerprint density at radius 1 is 1.00 bits per heavy atom. The van der Waals surface area contributed by atoms with Gasteiger partial charge in [-0.2, -0.15) is 0 Å². The quantitative estimate of drug-likeness (QED) is 0.881. The number of alkyl halides is 3. The van der Waals surface area contributed by atoms with Crippen molar-refractivity contribution in [1.29, 1.82) is 0 Å². The molecule has 0 atom stereocenters. The fourth-order valence-corrected chi connectivity index (χ4v) is 2.05. The average molecular weight is 327 g/mol. The van der Waals surface area contributed by atoms with Gasteiger partial charge in [-0.3, -0.25) is 0 Å². The van der Waals surface area contributed by atoms with Gasteiger partial charge >= 0.3 is 6.36 Å². The molecule has 0 aromatic heterocycles. The van der Waals surface area contributed by atoms with Gasteiger partial charge in [-0.25, -0.2) is 0 Å². The maximum absolute atomic E-state index is 12.5. The van der Waals surface area contributed by atoms with Gasteiger partial charge in [-0.15, -0.1) is 13.2 Å². The fourth-order valence-electron chi connectivity index (χ4n) is 2.05. The molecule has 0 aliphatic rings. The number of hydrogen-bond acceptors (Lipinski definition) is 4. The molecule has 0 aliphatic heterocycles. The van der Waals surface area contributed by atoms with Crippen LogP contribution < -0.4 is 19.9 Å². The first-order valence-corrected chi connectivity index (χ1v) is 6.80. The van der Waals surface area contributed by atoms with E-state index in [9.17, 15) is 13.2 Å². The number of methoxy groups -OCH3 is 1. The molecular formula is C16H16F3NO3. The molecule has 0 saturated heterocycles. The Balaban J connectivity index is 2.43. The van der Waals surface area contributed by atoms with Gasteiger partial charge in [0.1, 0.15) is 12.4 Å². The largest absolute Gasteiger partial charge is 0.573 e. The number of hydrogen-bond donors (Lipinski definition) is 1. The van der Waals surface area contributed by atoms with Crippen molar-refractivity contribution >= 4 is 0 Å². The number of nitrogens with two attached hydrogens (primary N) is 1. The first kappa shape index (κ1) is 17.0. The van der Waals surface area contributed by atoms with Crippen LogP contribution >= 0.6 is 0 Å². The van der Waals surface area contributed by atoms with Crippen LogP contribution in [0.25, 0.3) is 11.1 Å². The number of para-hydroxylation sites is 1. The monoisotopic (exact) mass is 327 g/mol. The minimum absolute atomic E-state index is 0.0313. The van der Waals surface area contributed by atoms with Crippen LogP contribution in [-0.4, -0.2) is 26.6 Å². The highest BCUT2D eigenvalue weighted by atomic mass is 19.4. The van der Waals surface area contributed by atoms with Crippen LogP contribution in [0.4, 0.5) is 13.2 Å². The predicted octanol–water partition coefficient (Wildman–Crippen LogP) is 3.60. The maximum atomic E-state index is 12.5. The molecule has 2 aromatic carbocycles. The van der Waals surface area contributed by atoms with Crippen LogP contribution in [0.3, 0.4) is 0 Å². The third kappa shape index (κ3) is 4.53. The van der Waals surface area contributed by atoms with Crippen LogP contribution in [0.1, 0.15) is 0 Å². The zero-order valence-corrected chi connectivity index (χ0v) is 12.4. The molecule has 0 saturated carbocycles. The van der Waals surface area contributed by atoms with Crippen molar-refractivity contribution in [2.75, 3.05) is 20.3 Å². The number of ether oxygens (including phenoxy) is 3. The number of rotatable bonds is 6. The average Bonchev–Trinajstić information content (AvgIpc) is 2.52. The molecule has 124 valence electrons. The van der Waals surface area contributed by atoms with Crippen LogP contribution in [0, 0.1) is 0 Å². The van der Waals surface area contributed by atoms with E-state index in [1.54, 1.807) is 24.3 Å². The van der Waals surface area contributed by atoms with E-state index in [-0.39, 0.29) is 18.9 Å². The molecule has 2 aromatic rings. The highest BCUT2D eigenvalue weighted by molar-refractivity contribution is 5.72. The molecule has 7 heteroatoms. The molecular weight excluding hydrogens is 311 g/mol. The molecule has 4 nitrogen and oxygen atoms in total. The Morgan fingerprint density at radius 2 is 1.74 bits per heavy atom. The summed E-state index contributed by atoms with van der Waals surface area (Å²) in [6, 6.07) is 11.3. The molecule has 0 unspecified atom stereocenters. The summed E-state index contributed by atoms with van der Waals surface area (Å²) < 4.78 is 51.9. The molecule has 2 N–H and O–H groups in total. The predicted molar refractivity (Wildman–Crippen MR) is 79.7 cm³/mol. The van der Waals surface area contributed by atoms with Gasteiger partial charge in [0.05, 0.1) is 7.11 Å². The number of benzene rings is 2. The normalized spacial score (nSPS) is 11.2. The second-order valence-corrected chi connectivity index (χ2v) is 4.55. The third-order valence-electron chi connectivity index (χ3n) is 2.96. The van der Waals surface area contributed by atoms with Gasteiger partial charge < -0.3 is 19.9 Å². The Bertz CT molecular complexity index is 659. The van der Waals surface area contributed by atoms with Crippen molar-refractivity contribution in [2.45, 2.75) is 6.36 Å². The van der Waals surface area contributed by atoms with Gasteiger partial charge in [0, 0.05) is 12.1 Å². The van der Waals surface area contributed by atoms with Gasteiger partial charge in [-0.05, 0) is 23.8 Å². The Morgan fingerprint density at radius 3 is 2.39 bits per heavy atom. The lowest BCUT2D eigenvalue weighted by atomic mass is 10.0. The molecule has 0 spiro atoms. The summed E-state index contributed by atoms with van der Waals surface area (Å²) in [6.07, 6.45) is -4.80. The van der Waals surface area contributed by atoms with Gasteiger partial charge in [-0.1, -0.05) is 24.3 Å². The molecule has 0 bridgehead atoms. The smallest absolute Gasteiger partial charge is 0.496 e. The third-order valence-corrected chi connectivity index (χ3v) is 2.96. The molecule has 0 fully saturated rings. The zero-order chi connectivity index (χ0) is 16.9. The van der Waals surface area contributed by atoms with E-state index in [0.717, 1.165) is 5.56 Å². The second-order valence-electron chi connectivity index (χ2n) is 4.55. The fraction of sp³-hybridized carbons (Fsp3) is 0.250. The van der Waals surface area contributed by atoms with Gasteiger partial charge in [0.15, 0.2) is 11.5 Å².